The fourth-order valence-electron chi connectivity index (χ4n) is 1.09. The van der Waals surface area contributed by atoms with Gasteiger partial charge in [0.25, 0.3) is 0 Å². The van der Waals surface area contributed by atoms with Crippen molar-refractivity contribution in [1.29, 1.82) is 0 Å². The van der Waals surface area contributed by atoms with Crippen LogP contribution in [0, 0.1) is 5.92 Å². The van der Waals surface area contributed by atoms with Gasteiger partial charge < -0.3 is 10.1 Å². The highest BCUT2D eigenvalue weighted by Crippen LogP contribution is 2.02. The molecule has 0 aliphatic rings. The van der Waals surface area contributed by atoms with Crippen LogP contribution in [0.5, 0.6) is 0 Å². The lowest BCUT2D eigenvalue weighted by Crippen LogP contribution is -2.28. The molecule has 0 radical (unpaired) electrons. The molecular weight excluding hydrogens is 154 g/mol. The van der Waals surface area contributed by atoms with Gasteiger partial charge in [0.1, 0.15) is 0 Å². The van der Waals surface area contributed by atoms with E-state index in [1.165, 1.54) is 20.0 Å². The van der Waals surface area contributed by atoms with Gasteiger partial charge in [-0.3, -0.25) is 4.79 Å². The maximum absolute atomic E-state index is 10.7. The molecule has 3 nitrogen and oxygen atoms in total. The average Bonchev–Trinajstić information content (AvgIpc) is 2.04. The molecule has 12 heavy (non-hydrogen) atoms. The molecule has 0 fully saturated rings. The summed E-state index contributed by atoms with van der Waals surface area (Å²) in [7, 11) is 1.40. The smallest absolute Gasteiger partial charge is 0.319 e. The van der Waals surface area contributed by atoms with Gasteiger partial charge in [0.2, 0.25) is 0 Å². The minimum atomic E-state index is -0.196. The molecule has 3 heteroatoms. The van der Waals surface area contributed by atoms with Gasteiger partial charge in [0.05, 0.1) is 13.7 Å². The fraction of sp³-hybridized carbons (Fsp3) is 0.889. The third-order valence-electron chi connectivity index (χ3n) is 1.77. The van der Waals surface area contributed by atoms with Crippen LogP contribution in [0.3, 0.4) is 0 Å². The van der Waals surface area contributed by atoms with Crippen LogP contribution >= 0.6 is 0 Å². The van der Waals surface area contributed by atoms with Gasteiger partial charge in [-0.05, 0) is 18.9 Å². The van der Waals surface area contributed by atoms with Crippen molar-refractivity contribution in [3.8, 4) is 0 Å². The SMILES string of the molecule is CCCC(C)CNCC(=O)OC. The summed E-state index contributed by atoms with van der Waals surface area (Å²) in [6.07, 6.45) is 2.40. The molecule has 0 saturated carbocycles. The van der Waals surface area contributed by atoms with Crippen molar-refractivity contribution in [3.63, 3.8) is 0 Å². The Bertz CT molecular complexity index is 126. The van der Waals surface area contributed by atoms with Crippen molar-refractivity contribution < 1.29 is 9.53 Å². The molecule has 0 aliphatic carbocycles. The lowest BCUT2D eigenvalue weighted by atomic mass is 10.1. The van der Waals surface area contributed by atoms with E-state index in [1.807, 2.05) is 0 Å². The maximum atomic E-state index is 10.7. The molecule has 1 N–H and O–H groups in total. The summed E-state index contributed by atoms with van der Waals surface area (Å²) >= 11 is 0. The maximum Gasteiger partial charge on any atom is 0.319 e. The molecule has 72 valence electrons. The monoisotopic (exact) mass is 173 g/mol. The van der Waals surface area contributed by atoms with E-state index in [-0.39, 0.29) is 5.97 Å². The van der Waals surface area contributed by atoms with Crippen LogP contribution in [-0.4, -0.2) is 26.2 Å². The summed E-state index contributed by atoms with van der Waals surface area (Å²) in [5.74, 6) is 0.443. The van der Waals surface area contributed by atoms with Gasteiger partial charge in [-0.25, -0.2) is 0 Å². The molecule has 0 bridgehead atoms. The number of esters is 1. The largest absolute Gasteiger partial charge is 0.468 e. The highest BCUT2D eigenvalue weighted by Gasteiger charge is 2.02. The van der Waals surface area contributed by atoms with Crippen LogP contribution in [0.1, 0.15) is 26.7 Å². The zero-order chi connectivity index (χ0) is 9.40. The third kappa shape index (κ3) is 6.16. The topological polar surface area (TPSA) is 38.3 Å². The van der Waals surface area contributed by atoms with Crippen LogP contribution in [0.4, 0.5) is 0 Å². The van der Waals surface area contributed by atoms with E-state index < -0.39 is 0 Å². The molecule has 0 aromatic heterocycles. The zero-order valence-corrected chi connectivity index (χ0v) is 8.22. The van der Waals surface area contributed by atoms with Gasteiger partial charge in [0, 0.05) is 0 Å². The Labute approximate surface area is 74.5 Å². The summed E-state index contributed by atoms with van der Waals surface area (Å²) < 4.78 is 4.49. The van der Waals surface area contributed by atoms with E-state index in [1.54, 1.807) is 0 Å². The average molecular weight is 173 g/mol. The quantitative estimate of drug-likeness (QED) is 0.613. The molecule has 0 saturated heterocycles. The molecule has 0 spiro atoms. The minimum absolute atomic E-state index is 0.196. The Hall–Kier alpha value is -0.570. The van der Waals surface area contributed by atoms with E-state index in [0.717, 1.165) is 6.54 Å². The van der Waals surface area contributed by atoms with Crippen LogP contribution < -0.4 is 5.32 Å². The first kappa shape index (κ1) is 11.4. The van der Waals surface area contributed by atoms with Crippen LogP contribution in [0.25, 0.3) is 0 Å². The molecule has 0 aliphatic heterocycles. The Balaban J connectivity index is 3.24. The van der Waals surface area contributed by atoms with Crippen molar-refractivity contribution in [2.45, 2.75) is 26.7 Å². The normalized spacial score (nSPS) is 12.6. The van der Waals surface area contributed by atoms with Gasteiger partial charge in [-0.1, -0.05) is 20.3 Å². The zero-order valence-electron chi connectivity index (χ0n) is 8.22. The second-order valence-electron chi connectivity index (χ2n) is 3.10. The molecule has 0 aromatic rings. The number of hydrogen-bond acceptors (Lipinski definition) is 3. The standard InChI is InChI=1S/C9H19NO2/c1-4-5-8(2)6-10-7-9(11)12-3/h8,10H,4-7H2,1-3H3. The van der Waals surface area contributed by atoms with Crippen molar-refractivity contribution in [2.75, 3.05) is 20.2 Å². The second-order valence-corrected chi connectivity index (χ2v) is 3.10. The summed E-state index contributed by atoms with van der Waals surface area (Å²) in [5, 5.41) is 3.05. The van der Waals surface area contributed by atoms with Gasteiger partial charge in [0.15, 0.2) is 0 Å². The van der Waals surface area contributed by atoms with Gasteiger partial charge >= 0.3 is 5.97 Å². The first-order valence-corrected chi connectivity index (χ1v) is 4.48. The predicted octanol–water partition coefficient (Wildman–Crippen LogP) is 1.19. The Morgan fingerprint density at radius 1 is 1.58 bits per heavy atom. The highest BCUT2D eigenvalue weighted by molar-refractivity contribution is 5.71. The summed E-state index contributed by atoms with van der Waals surface area (Å²) in [5.41, 5.74) is 0. The van der Waals surface area contributed by atoms with E-state index in [4.69, 9.17) is 0 Å². The Kier molecular flexibility index (Phi) is 6.76. The number of carbonyl (C=O) groups is 1. The minimum Gasteiger partial charge on any atom is -0.468 e. The molecule has 1 atom stereocenters. The number of carbonyl (C=O) groups excluding carboxylic acids is 1. The summed E-state index contributed by atoms with van der Waals surface area (Å²) in [6.45, 7) is 5.55. The lowest BCUT2D eigenvalue weighted by Gasteiger charge is -2.09. The van der Waals surface area contributed by atoms with E-state index >= 15 is 0 Å². The lowest BCUT2D eigenvalue weighted by molar-refractivity contribution is -0.139. The predicted molar refractivity (Wildman–Crippen MR) is 49.0 cm³/mol. The second kappa shape index (κ2) is 7.10. The number of methoxy groups -OCH3 is 1. The molecule has 0 heterocycles. The number of ether oxygens (including phenoxy) is 1. The summed E-state index contributed by atoms with van der Waals surface area (Å²) in [6, 6.07) is 0. The first-order chi connectivity index (χ1) is 5.70. The van der Waals surface area contributed by atoms with E-state index in [0.29, 0.717) is 12.5 Å². The summed E-state index contributed by atoms with van der Waals surface area (Å²) in [4.78, 5) is 10.7. The highest BCUT2D eigenvalue weighted by atomic mass is 16.5. The van der Waals surface area contributed by atoms with Crippen LogP contribution in [0.15, 0.2) is 0 Å². The van der Waals surface area contributed by atoms with E-state index in [9.17, 15) is 4.79 Å². The van der Waals surface area contributed by atoms with E-state index in [2.05, 4.69) is 23.9 Å². The van der Waals surface area contributed by atoms with Crippen molar-refractivity contribution in [3.05, 3.63) is 0 Å². The van der Waals surface area contributed by atoms with Crippen molar-refractivity contribution in [1.82, 2.24) is 5.32 Å². The number of hydrogen-bond donors (Lipinski definition) is 1. The van der Waals surface area contributed by atoms with Crippen LogP contribution in [-0.2, 0) is 9.53 Å². The van der Waals surface area contributed by atoms with Crippen molar-refractivity contribution in [2.24, 2.45) is 5.92 Å². The fourth-order valence-corrected chi connectivity index (χ4v) is 1.09. The van der Waals surface area contributed by atoms with Gasteiger partial charge in [-0.15, -0.1) is 0 Å². The molecule has 0 aromatic carbocycles. The van der Waals surface area contributed by atoms with Gasteiger partial charge in [-0.2, -0.15) is 0 Å². The number of rotatable bonds is 6. The third-order valence-corrected chi connectivity index (χ3v) is 1.77. The Morgan fingerprint density at radius 2 is 2.25 bits per heavy atom. The molecule has 1 unspecified atom stereocenters. The Morgan fingerprint density at radius 3 is 2.75 bits per heavy atom. The van der Waals surface area contributed by atoms with Crippen molar-refractivity contribution >= 4 is 5.97 Å². The molecule has 0 amide bonds. The van der Waals surface area contributed by atoms with Crippen LogP contribution in [0.2, 0.25) is 0 Å². The first-order valence-electron chi connectivity index (χ1n) is 4.48. The molecular formula is C9H19NO2. The number of nitrogens with one attached hydrogen (secondary N) is 1. The molecule has 0 rings (SSSR count).